The summed E-state index contributed by atoms with van der Waals surface area (Å²) in [6, 6.07) is 5.63. The second kappa shape index (κ2) is 5.74. The Labute approximate surface area is 116 Å². The summed E-state index contributed by atoms with van der Waals surface area (Å²) in [7, 11) is 0. The predicted octanol–water partition coefficient (Wildman–Crippen LogP) is 3.34. The largest absolute Gasteiger partial charge is 0.398 e. The molecule has 98 valence electrons. The molecule has 2 rings (SSSR count). The number of anilines is 1. The molecule has 1 atom stereocenters. The fraction of sp³-hybridized carbons (Fsp3) is 0.500. The molecular formula is C14H19BrN2O. The van der Waals surface area contributed by atoms with E-state index in [2.05, 4.69) is 28.2 Å². The zero-order valence-electron chi connectivity index (χ0n) is 10.6. The van der Waals surface area contributed by atoms with Crippen LogP contribution in [0.2, 0.25) is 0 Å². The van der Waals surface area contributed by atoms with E-state index in [4.69, 9.17) is 5.73 Å². The summed E-state index contributed by atoms with van der Waals surface area (Å²) in [4.78, 5) is 12.2. The number of hydrogen-bond acceptors (Lipinski definition) is 2. The first kappa shape index (κ1) is 13.4. The summed E-state index contributed by atoms with van der Waals surface area (Å²) in [5, 5.41) is 3.08. The molecule has 1 aromatic carbocycles. The Morgan fingerprint density at radius 2 is 2.28 bits per heavy atom. The van der Waals surface area contributed by atoms with Crippen molar-refractivity contribution in [2.24, 2.45) is 5.92 Å². The number of rotatable bonds is 5. The molecule has 1 aliphatic rings. The second-order valence-electron chi connectivity index (χ2n) is 4.99. The van der Waals surface area contributed by atoms with Crippen LogP contribution in [0.25, 0.3) is 0 Å². The van der Waals surface area contributed by atoms with E-state index in [1.54, 1.807) is 12.1 Å². The lowest BCUT2D eigenvalue weighted by atomic mass is 10.1. The first-order chi connectivity index (χ1) is 8.60. The minimum absolute atomic E-state index is 0.0682. The maximum Gasteiger partial charge on any atom is 0.253 e. The molecule has 3 nitrogen and oxygen atoms in total. The molecule has 0 saturated heterocycles. The van der Waals surface area contributed by atoms with Gasteiger partial charge in [-0.25, -0.2) is 0 Å². The van der Waals surface area contributed by atoms with Crippen LogP contribution in [-0.4, -0.2) is 11.9 Å². The number of nitrogens with two attached hydrogens (primary N) is 1. The average molecular weight is 311 g/mol. The summed E-state index contributed by atoms with van der Waals surface area (Å²) in [5.74, 6) is 0.747. The van der Waals surface area contributed by atoms with E-state index < -0.39 is 0 Å². The number of hydrogen-bond donors (Lipinski definition) is 2. The van der Waals surface area contributed by atoms with Crippen LogP contribution in [-0.2, 0) is 0 Å². The normalized spacial score (nSPS) is 16.3. The monoisotopic (exact) mass is 310 g/mol. The van der Waals surface area contributed by atoms with Gasteiger partial charge in [-0.1, -0.05) is 35.7 Å². The van der Waals surface area contributed by atoms with Gasteiger partial charge in [0.05, 0.1) is 5.56 Å². The third-order valence-electron chi connectivity index (χ3n) is 3.40. The van der Waals surface area contributed by atoms with Crippen LogP contribution in [0.4, 0.5) is 5.69 Å². The van der Waals surface area contributed by atoms with Gasteiger partial charge in [-0.05, 0) is 37.0 Å². The molecule has 4 heteroatoms. The van der Waals surface area contributed by atoms with Crippen molar-refractivity contribution in [2.45, 2.75) is 38.6 Å². The van der Waals surface area contributed by atoms with E-state index in [1.807, 2.05) is 6.07 Å². The minimum atomic E-state index is -0.0682. The quantitative estimate of drug-likeness (QED) is 0.820. The number of amides is 1. The highest BCUT2D eigenvalue weighted by molar-refractivity contribution is 9.10. The molecular weight excluding hydrogens is 292 g/mol. The summed E-state index contributed by atoms with van der Waals surface area (Å²) < 4.78 is 0.872. The third-order valence-corrected chi connectivity index (χ3v) is 3.90. The second-order valence-corrected chi connectivity index (χ2v) is 5.90. The maximum absolute atomic E-state index is 12.2. The van der Waals surface area contributed by atoms with Crippen molar-refractivity contribution in [3.63, 3.8) is 0 Å². The van der Waals surface area contributed by atoms with Gasteiger partial charge < -0.3 is 11.1 Å². The summed E-state index contributed by atoms with van der Waals surface area (Å²) in [6.07, 6.45) is 4.68. The fourth-order valence-corrected chi connectivity index (χ4v) is 2.43. The molecule has 0 bridgehead atoms. The first-order valence-electron chi connectivity index (χ1n) is 6.46. The van der Waals surface area contributed by atoms with Crippen LogP contribution in [0.1, 0.15) is 43.0 Å². The molecule has 0 radical (unpaired) electrons. The van der Waals surface area contributed by atoms with E-state index in [-0.39, 0.29) is 11.9 Å². The number of carbonyl (C=O) groups is 1. The SMILES string of the molecule is CCC(CC1CC1)NC(=O)c1cc(Br)ccc1N. The van der Waals surface area contributed by atoms with Crippen molar-refractivity contribution >= 4 is 27.5 Å². The van der Waals surface area contributed by atoms with Crippen molar-refractivity contribution < 1.29 is 4.79 Å². The number of nitrogens with one attached hydrogen (secondary N) is 1. The lowest BCUT2D eigenvalue weighted by Crippen LogP contribution is -2.35. The van der Waals surface area contributed by atoms with Crippen LogP contribution < -0.4 is 11.1 Å². The van der Waals surface area contributed by atoms with E-state index in [0.717, 1.165) is 23.2 Å². The van der Waals surface area contributed by atoms with Gasteiger partial charge in [-0.15, -0.1) is 0 Å². The number of carbonyl (C=O) groups excluding carboxylic acids is 1. The molecule has 0 spiro atoms. The maximum atomic E-state index is 12.2. The van der Waals surface area contributed by atoms with E-state index in [1.165, 1.54) is 12.8 Å². The molecule has 1 aliphatic carbocycles. The predicted molar refractivity (Wildman–Crippen MR) is 77.4 cm³/mol. The van der Waals surface area contributed by atoms with Crippen molar-refractivity contribution in [3.8, 4) is 0 Å². The van der Waals surface area contributed by atoms with Gasteiger partial charge in [0.15, 0.2) is 0 Å². The van der Waals surface area contributed by atoms with Gasteiger partial charge in [0.1, 0.15) is 0 Å². The van der Waals surface area contributed by atoms with Crippen LogP contribution >= 0.6 is 15.9 Å². The van der Waals surface area contributed by atoms with Gasteiger partial charge >= 0.3 is 0 Å². The van der Waals surface area contributed by atoms with Gasteiger partial charge in [0.25, 0.3) is 5.91 Å². The molecule has 0 heterocycles. The smallest absolute Gasteiger partial charge is 0.253 e. The Hall–Kier alpha value is -1.03. The topological polar surface area (TPSA) is 55.1 Å². The Balaban J connectivity index is 2.02. The van der Waals surface area contributed by atoms with E-state index >= 15 is 0 Å². The van der Waals surface area contributed by atoms with Gasteiger partial charge in [-0.2, -0.15) is 0 Å². The molecule has 3 N–H and O–H groups in total. The van der Waals surface area contributed by atoms with Crippen molar-refractivity contribution in [3.05, 3.63) is 28.2 Å². The highest BCUT2D eigenvalue weighted by Crippen LogP contribution is 2.34. The molecule has 1 unspecified atom stereocenters. The highest BCUT2D eigenvalue weighted by Gasteiger charge is 2.25. The van der Waals surface area contributed by atoms with E-state index in [9.17, 15) is 4.79 Å². The first-order valence-corrected chi connectivity index (χ1v) is 7.25. The van der Waals surface area contributed by atoms with E-state index in [0.29, 0.717) is 11.3 Å². The summed E-state index contributed by atoms with van der Waals surface area (Å²) in [6.45, 7) is 2.11. The molecule has 18 heavy (non-hydrogen) atoms. The zero-order chi connectivity index (χ0) is 13.1. The number of benzene rings is 1. The highest BCUT2D eigenvalue weighted by atomic mass is 79.9. The Morgan fingerprint density at radius 1 is 1.56 bits per heavy atom. The molecule has 0 aliphatic heterocycles. The lowest BCUT2D eigenvalue weighted by Gasteiger charge is -2.17. The van der Waals surface area contributed by atoms with Gasteiger partial charge in [0.2, 0.25) is 0 Å². The lowest BCUT2D eigenvalue weighted by molar-refractivity contribution is 0.0933. The summed E-state index contributed by atoms with van der Waals surface area (Å²) >= 11 is 3.36. The van der Waals surface area contributed by atoms with Crippen molar-refractivity contribution in [1.82, 2.24) is 5.32 Å². The Morgan fingerprint density at radius 3 is 2.89 bits per heavy atom. The van der Waals surface area contributed by atoms with Gasteiger partial charge in [0, 0.05) is 16.2 Å². The molecule has 1 aromatic rings. The zero-order valence-corrected chi connectivity index (χ0v) is 12.2. The number of halogens is 1. The Kier molecular flexibility index (Phi) is 4.27. The molecule has 1 saturated carbocycles. The fourth-order valence-electron chi connectivity index (χ4n) is 2.07. The number of nitrogen functional groups attached to an aromatic ring is 1. The van der Waals surface area contributed by atoms with Crippen LogP contribution in [0, 0.1) is 5.92 Å². The van der Waals surface area contributed by atoms with Crippen molar-refractivity contribution in [2.75, 3.05) is 5.73 Å². The third kappa shape index (κ3) is 3.48. The standard InChI is InChI=1S/C14H19BrN2O/c1-2-11(7-9-3-4-9)17-14(18)12-8-10(15)5-6-13(12)16/h5-6,8-9,11H,2-4,7,16H2,1H3,(H,17,18). The summed E-state index contributed by atoms with van der Waals surface area (Å²) in [5.41, 5.74) is 6.92. The molecule has 1 amide bonds. The minimum Gasteiger partial charge on any atom is -0.398 e. The molecule has 0 aromatic heterocycles. The average Bonchev–Trinajstić information content (AvgIpc) is 3.15. The van der Waals surface area contributed by atoms with Gasteiger partial charge in [-0.3, -0.25) is 4.79 Å². The van der Waals surface area contributed by atoms with Crippen LogP contribution in [0.15, 0.2) is 22.7 Å². The van der Waals surface area contributed by atoms with Crippen LogP contribution in [0.5, 0.6) is 0 Å². The van der Waals surface area contributed by atoms with Crippen LogP contribution in [0.3, 0.4) is 0 Å². The molecule has 1 fully saturated rings. The van der Waals surface area contributed by atoms with Crippen molar-refractivity contribution in [1.29, 1.82) is 0 Å². The Bertz CT molecular complexity index is 443.